The van der Waals surface area contributed by atoms with Crippen LogP contribution in [0.1, 0.15) is 18.4 Å². The van der Waals surface area contributed by atoms with E-state index in [1.807, 2.05) is 18.2 Å². The van der Waals surface area contributed by atoms with Gasteiger partial charge in [-0.05, 0) is 25.0 Å². The number of benzene rings is 1. The number of nitrogens with zero attached hydrogens (tertiary/aromatic N) is 1. The molecule has 0 bridgehead atoms. The summed E-state index contributed by atoms with van der Waals surface area (Å²) in [4.78, 5) is 4.39. The van der Waals surface area contributed by atoms with Crippen molar-refractivity contribution in [1.82, 2.24) is 0 Å². The van der Waals surface area contributed by atoms with Crippen LogP contribution in [0.2, 0.25) is 0 Å². The zero-order valence-corrected chi connectivity index (χ0v) is 9.56. The molecule has 1 aromatic carbocycles. The summed E-state index contributed by atoms with van der Waals surface area (Å²) in [7, 11) is 3.24. The SMILES string of the molecule is COc1cc(OC)cc(C(N)=NC2CC2)c1. The summed E-state index contributed by atoms with van der Waals surface area (Å²) in [6, 6.07) is 5.96. The molecule has 16 heavy (non-hydrogen) atoms. The molecule has 1 fully saturated rings. The van der Waals surface area contributed by atoms with Gasteiger partial charge in [0, 0.05) is 11.6 Å². The molecule has 4 nitrogen and oxygen atoms in total. The standard InChI is InChI=1S/C12H16N2O2/c1-15-10-5-8(6-11(7-10)16-2)12(13)14-9-3-4-9/h5-7,9H,3-4H2,1-2H3,(H2,13,14). The first kappa shape index (κ1) is 10.8. The van der Waals surface area contributed by atoms with Gasteiger partial charge in [-0.3, -0.25) is 4.99 Å². The van der Waals surface area contributed by atoms with E-state index >= 15 is 0 Å². The van der Waals surface area contributed by atoms with Crippen LogP contribution in [0.3, 0.4) is 0 Å². The average molecular weight is 220 g/mol. The van der Waals surface area contributed by atoms with Gasteiger partial charge in [0.05, 0.1) is 20.3 Å². The quantitative estimate of drug-likeness (QED) is 0.619. The zero-order chi connectivity index (χ0) is 11.5. The summed E-state index contributed by atoms with van der Waals surface area (Å²) in [6.07, 6.45) is 2.28. The predicted octanol–water partition coefficient (Wildman–Crippen LogP) is 1.57. The lowest BCUT2D eigenvalue weighted by molar-refractivity contribution is 0.394. The van der Waals surface area contributed by atoms with E-state index < -0.39 is 0 Å². The van der Waals surface area contributed by atoms with Crippen molar-refractivity contribution in [1.29, 1.82) is 0 Å². The van der Waals surface area contributed by atoms with Gasteiger partial charge in [0.25, 0.3) is 0 Å². The van der Waals surface area contributed by atoms with E-state index in [2.05, 4.69) is 4.99 Å². The molecule has 0 radical (unpaired) electrons. The summed E-state index contributed by atoms with van der Waals surface area (Å²) < 4.78 is 10.4. The molecule has 1 saturated carbocycles. The van der Waals surface area contributed by atoms with Gasteiger partial charge in [-0.1, -0.05) is 0 Å². The minimum atomic E-state index is 0.414. The Morgan fingerprint density at radius 3 is 2.19 bits per heavy atom. The molecule has 2 N–H and O–H groups in total. The summed E-state index contributed by atoms with van der Waals surface area (Å²) in [5.41, 5.74) is 6.77. The van der Waals surface area contributed by atoms with E-state index in [4.69, 9.17) is 15.2 Å². The molecule has 0 unspecified atom stereocenters. The van der Waals surface area contributed by atoms with Gasteiger partial charge in [0.1, 0.15) is 17.3 Å². The molecule has 0 atom stereocenters. The lowest BCUT2D eigenvalue weighted by atomic mass is 10.2. The Bertz CT molecular complexity index is 389. The Morgan fingerprint density at radius 2 is 1.75 bits per heavy atom. The number of nitrogens with two attached hydrogens (primary N) is 1. The summed E-state index contributed by atoms with van der Waals surface area (Å²) in [5, 5.41) is 0. The largest absolute Gasteiger partial charge is 0.497 e. The normalized spacial score (nSPS) is 16.0. The lowest BCUT2D eigenvalue weighted by Gasteiger charge is -2.08. The molecule has 0 saturated heterocycles. The van der Waals surface area contributed by atoms with Gasteiger partial charge in [0.2, 0.25) is 0 Å². The molecule has 2 rings (SSSR count). The van der Waals surface area contributed by atoms with Crippen LogP contribution < -0.4 is 15.2 Å². The molecule has 1 aliphatic rings. The van der Waals surface area contributed by atoms with Crippen molar-refractivity contribution in [2.75, 3.05) is 14.2 Å². The molecule has 0 heterocycles. The Kier molecular flexibility index (Phi) is 2.99. The minimum Gasteiger partial charge on any atom is -0.497 e. The van der Waals surface area contributed by atoms with Gasteiger partial charge in [-0.25, -0.2) is 0 Å². The maximum atomic E-state index is 5.92. The molecule has 0 aromatic heterocycles. The monoisotopic (exact) mass is 220 g/mol. The highest BCUT2D eigenvalue weighted by molar-refractivity contribution is 5.98. The second-order valence-electron chi connectivity index (χ2n) is 3.85. The van der Waals surface area contributed by atoms with E-state index in [1.54, 1.807) is 14.2 Å². The van der Waals surface area contributed by atoms with E-state index in [-0.39, 0.29) is 0 Å². The van der Waals surface area contributed by atoms with Crippen LogP contribution in [0.15, 0.2) is 23.2 Å². The van der Waals surface area contributed by atoms with Crippen LogP contribution >= 0.6 is 0 Å². The molecule has 0 amide bonds. The number of aliphatic imine (C=N–C) groups is 1. The molecule has 1 aliphatic carbocycles. The Hall–Kier alpha value is -1.71. The van der Waals surface area contributed by atoms with Crippen LogP contribution in [0.25, 0.3) is 0 Å². The van der Waals surface area contributed by atoms with Gasteiger partial charge in [0.15, 0.2) is 0 Å². The van der Waals surface area contributed by atoms with E-state index in [0.29, 0.717) is 11.9 Å². The smallest absolute Gasteiger partial charge is 0.126 e. The van der Waals surface area contributed by atoms with Crippen LogP contribution in [0, 0.1) is 0 Å². The third-order valence-electron chi connectivity index (χ3n) is 2.52. The van der Waals surface area contributed by atoms with Crippen molar-refractivity contribution in [2.45, 2.75) is 18.9 Å². The Balaban J connectivity index is 2.30. The Labute approximate surface area is 95.1 Å². The fourth-order valence-corrected chi connectivity index (χ4v) is 1.43. The van der Waals surface area contributed by atoms with Crippen LogP contribution in [0.4, 0.5) is 0 Å². The topological polar surface area (TPSA) is 56.8 Å². The molecular weight excluding hydrogens is 204 g/mol. The average Bonchev–Trinajstić information content (AvgIpc) is 3.12. The predicted molar refractivity (Wildman–Crippen MR) is 63.3 cm³/mol. The van der Waals surface area contributed by atoms with E-state index in [9.17, 15) is 0 Å². The molecule has 4 heteroatoms. The second kappa shape index (κ2) is 4.43. The third-order valence-corrected chi connectivity index (χ3v) is 2.52. The number of rotatable bonds is 4. The molecule has 0 aliphatic heterocycles. The van der Waals surface area contributed by atoms with Gasteiger partial charge >= 0.3 is 0 Å². The van der Waals surface area contributed by atoms with Gasteiger partial charge in [-0.2, -0.15) is 0 Å². The second-order valence-corrected chi connectivity index (χ2v) is 3.85. The van der Waals surface area contributed by atoms with Crippen molar-refractivity contribution >= 4 is 5.84 Å². The Morgan fingerprint density at radius 1 is 1.19 bits per heavy atom. The van der Waals surface area contributed by atoms with Crippen molar-refractivity contribution in [3.63, 3.8) is 0 Å². The highest BCUT2D eigenvalue weighted by Gasteiger charge is 2.20. The first-order valence-corrected chi connectivity index (χ1v) is 5.29. The highest BCUT2D eigenvalue weighted by atomic mass is 16.5. The van der Waals surface area contributed by atoms with Gasteiger partial charge < -0.3 is 15.2 Å². The summed E-state index contributed by atoms with van der Waals surface area (Å²) >= 11 is 0. The number of hydrogen-bond acceptors (Lipinski definition) is 3. The summed E-state index contributed by atoms with van der Waals surface area (Å²) in [6.45, 7) is 0. The number of hydrogen-bond donors (Lipinski definition) is 1. The first-order chi connectivity index (χ1) is 7.72. The van der Waals surface area contributed by atoms with Crippen LogP contribution in [0.5, 0.6) is 11.5 Å². The van der Waals surface area contributed by atoms with Crippen molar-refractivity contribution in [3.05, 3.63) is 23.8 Å². The fourth-order valence-electron chi connectivity index (χ4n) is 1.43. The molecule has 0 spiro atoms. The summed E-state index contributed by atoms with van der Waals surface area (Å²) in [5.74, 6) is 2.01. The maximum Gasteiger partial charge on any atom is 0.126 e. The van der Waals surface area contributed by atoms with Gasteiger partial charge in [-0.15, -0.1) is 0 Å². The van der Waals surface area contributed by atoms with E-state index in [1.165, 1.54) is 0 Å². The van der Waals surface area contributed by atoms with Crippen molar-refractivity contribution in [2.24, 2.45) is 10.7 Å². The van der Waals surface area contributed by atoms with Crippen molar-refractivity contribution in [3.8, 4) is 11.5 Å². The highest BCUT2D eigenvalue weighted by Crippen LogP contribution is 2.26. The number of methoxy groups -OCH3 is 2. The molecule has 1 aromatic rings. The number of amidine groups is 1. The first-order valence-electron chi connectivity index (χ1n) is 5.29. The minimum absolute atomic E-state index is 0.414. The maximum absolute atomic E-state index is 5.92. The third kappa shape index (κ3) is 2.45. The molecule has 86 valence electrons. The molecular formula is C12H16N2O2. The van der Waals surface area contributed by atoms with Crippen LogP contribution in [-0.4, -0.2) is 26.1 Å². The van der Waals surface area contributed by atoms with Crippen molar-refractivity contribution < 1.29 is 9.47 Å². The fraction of sp³-hybridized carbons (Fsp3) is 0.417. The zero-order valence-electron chi connectivity index (χ0n) is 9.56. The van der Waals surface area contributed by atoms with Crippen LogP contribution in [-0.2, 0) is 0 Å². The number of ether oxygens (including phenoxy) is 2. The van der Waals surface area contributed by atoms with E-state index in [0.717, 1.165) is 29.9 Å². The lowest BCUT2D eigenvalue weighted by Crippen LogP contribution is -2.14.